The van der Waals surface area contributed by atoms with E-state index in [0.29, 0.717) is 29.0 Å². The van der Waals surface area contributed by atoms with Gasteiger partial charge in [0.25, 0.3) is 0 Å². The van der Waals surface area contributed by atoms with Gasteiger partial charge in [0.2, 0.25) is 0 Å². The van der Waals surface area contributed by atoms with Crippen LogP contribution in [-0.4, -0.2) is 26.0 Å². The molecule has 2 aliphatic rings. The molecule has 2 aromatic carbocycles. The van der Waals surface area contributed by atoms with Gasteiger partial charge < -0.3 is 19.5 Å². The SMILES string of the molecule is COC(=O)C1=C(C)NC2=C(C(=O)CC(C)(C)C2)C1c1ccc(OC)c(COc2ccccc2)c1. The molecule has 0 radical (unpaired) electrons. The largest absolute Gasteiger partial charge is 0.496 e. The van der Waals surface area contributed by atoms with Crippen molar-refractivity contribution in [2.24, 2.45) is 5.41 Å². The Morgan fingerprint density at radius 3 is 2.50 bits per heavy atom. The van der Waals surface area contributed by atoms with Gasteiger partial charge in [0, 0.05) is 34.9 Å². The van der Waals surface area contributed by atoms with Crippen LogP contribution in [0.4, 0.5) is 0 Å². The molecule has 0 spiro atoms. The third-order valence-corrected chi connectivity index (χ3v) is 6.42. The smallest absolute Gasteiger partial charge is 0.336 e. The number of para-hydroxylation sites is 1. The number of hydrogen-bond donors (Lipinski definition) is 1. The predicted molar refractivity (Wildman–Crippen MR) is 129 cm³/mol. The average molecular weight is 462 g/mol. The van der Waals surface area contributed by atoms with Crippen LogP contribution in [0, 0.1) is 5.41 Å². The number of carbonyl (C=O) groups is 2. The molecule has 1 atom stereocenters. The zero-order chi connectivity index (χ0) is 24.5. The number of Topliss-reactive ketones (excluding diaryl/α,β-unsaturated/α-hetero) is 1. The topological polar surface area (TPSA) is 73.9 Å². The lowest BCUT2D eigenvalue weighted by Gasteiger charge is -2.39. The minimum atomic E-state index is -0.520. The Morgan fingerprint density at radius 1 is 1.09 bits per heavy atom. The third kappa shape index (κ3) is 4.58. The Morgan fingerprint density at radius 2 is 1.82 bits per heavy atom. The van der Waals surface area contributed by atoms with E-state index in [1.807, 2.05) is 55.5 Å². The normalized spacial score (nSPS) is 19.3. The summed E-state index contributed by atoms with van der Waals surface area (Å²) in [4.78, 5) is 26.3. The first kappa shape index (κ1) is 23.6. The number of ketones is 1. The first-order chi connectivity index (χ1) is 16.2. The van der Waals surface area contributed by atoms with Crippen LogP contribution in [-0.2, 0) is 20.9 Å². The molecule has 4 rings (SSSR count). The van der Waals surface area contributed by atoms with Gasteiger partial charge in [-0.15, -0.1) is 0 Å². The highest BCUT2D eigenvalue weighted by Gasteiger charge is 2.43. The van der Waals surface area contributed by atoms with E-state index in [-0.39, 0.29) is 17.8 Å². The lowest BCUT2D eigenvalue weighted by atomic mass is 9.68. The summed E-state index contributed by atoms with van der Waals surface area (Å²) in [5.41, 5.74) is 4.20. The standard InChI is InChI=1S/C28H31NO5/c1-17-24(27(31)33-5)25(26-21(29-17)14-28(2,3)15-22(26)30)18-11-12-23(32-4)19(13-18)16-34-20-9-7-6-8-10-20/h6-13,25,29H,14-16H2,1-5H3. The van der Waals surface area contributed by atoms with Crippen molar-refractivity contribution >= 4 is 11.8 Å². The van der Waals surface area contributed by atoms with Gasteiger partial charge in [-0.3, -0.25) is 4.79 Å². The molecule has 0 saturated carbocycles. The second-order valence-electron chi connectivity index (χ2n) is 9.59. The zero-order valence-corrected chi connectivity index (χ0v) is 20.4. The van der Waals surface area contributed by atoms with Crippen LogP contribution >= 0.6 is 0 Å². The molecule has 1 aliphatic heterocycles. The highest BCUT2D eigenvalue weighted by Crippen LogP contribution is 2.47. The van der Waals surface area contributed by atoms with Crippen molar-refractivity contribution < 1.29 is 23.8 Å². The number of methoxy groups -OCH3 is 2. The van der Waals surface area contributed by atoms with Crippen molar-refractivity contribution in [3.8, 4) is 11.5 Å². The number of nitrogens with one attached hydrogen (secondary N) is 1. The second kappa shape index (κ2) is 9.37. The number of benzene rings is 2. The lowest BCUT2D eigenvalue weighted by molar-refractivity contribution is -0.136. The van der Waals surface area contributed by atoms with Crippen LogP contribution in [0.1, 0.15) is 50.7 Å². The Bertz CT molecular complexity index is 1180. The average Bonchev–Trinajstić information content (AvgIpc) is 2.81. The summed E-state index contributed by atoms with van der Waals surface area (Å²) in [6.07, 6.45) is 1.16. The number of carbonyl (C=O) groups excluding carboxylic acids is 2. The number of dihydropyridines is 1. The molecule has 178 valence electrons. The molecule has 0 aromatic heterocycles. The number of ether oxygens (including phenoxy) is 3. The van der Waals surface area contributed by atoms with Crippen molar-refractivity contribution in [2.45, 2.75) is 46.1 Å². The molecule has 1 heterocycles. The molecule has 2 aromatic rings. The molecule has 1 aliphatic carbocycles. The van der Waals surface area contributed by atoms with Crippen LogP contribution in [0.5, 0.6) is 11.5 Å². The van der Waals surface area contributed by atoms with E-state index in [1.54, 1.807) is 7.11 Å². The van der Waals surface area contributed by atoms with Gasteiger partial charge in [-0.1, -0.05) is 38.1 Å². The van der Waals surface area contributed by atoms with E-state index >= 15 is 0 Å². The van der Waals surface area contributed by atoms with Crippen LogP contribution < -0.4 is 14.8 Å². The molecule has 0 amide bonds. The Labute approximate surface area is 200 Å². The quantitative estimate of drug-likeness (QED) is 0.607. The first-order valence-electron chi connectivity index (χ1n) is 11.4. The third-order valence-electron chi connectivity index (χ3n) is 6.42. The lowest BCUT2D eigenvalue weighted by Crippen LogP contribution is -2.38. The first-order valence-corrected chi connectivity index (χ1v) is 11.4. The Kier molecular flexibility index (Phi) is 6.51. The summed E-state index contributed by atoms with van der Waals surface area (Å²) in [7, 11) is 2.98. The zero-order valence-electron chi connectivity index (χ0n) is 20.4. The van der Waals surface area contributed by atoms with Crippen LogP contribution in [0.3, 0.4) is 0 Å². The summed E-state index contributed by atoms with van der Waals surface area (Å²) in [5, 5.41) is 3.34. The summed E-state index contributed by atoms with van der Waals surface area (Å²) in [5.74, 6) is 0.512. The molecule has 6 nitrogen and oxygen atoms in total. The van der Waals surface area contributed by atoms with E-state index in [4.69, 9.17) is 14.2 Å². The minimum absolute atomic E-state index is 0.0514. The van der Waals surface area contributed by atoms with Crippen LogP contribution in [0.25, 0.3) is 0 Å². The summed E-state index contributed by atoms with van der Waals surface area (Å²) >= 11 is 0. The van der Waals surface area contributed by atoms with Crippen molar-refractivity contribution in [1.82, 2.24) is 5.32 Å². The van der Waals surface area contributed by atoms with Crippen LogP contribution in [0.2, 0.25) is 0 Å². The maximum Gasteiger partial charge on any atom is 0.336 e. The van der Waals surface area contributed by atoms with E-state index in [9.17, 15) is 9.59 Å². The number of allylic oxidation sites excluding steroid dienone is 3. The Balaban J connectivity index is 1.80. The van der Waals surface area contributed by atoms with Gasteiger partial charge in [0.1, 0.15) is 18.1 Å². The number of rotatable bonds is 6. The summed E-state index contributed by atoms with van der Waals surface area (Å²) < 4.78 is 16.7. The fraction of sp³-hybridized carbons (Fsp3) is 0.357. The van der Waals surface area contributed by atoms with Gasteiger partial charge in [-0.25, -0.2) is 4.79 Å². The molecule has 6 heteroatoms. The number of hydrogen-bond acceptors (Lipinski definition) is 6. The van der Waals surface area contributed by atoms with E-state index < -0.39 is 11.9 Å². The highest BCUT2D eigenvalue weighted by molar-refractivity contribution is 6.04. The van der Waals surface area contributed by atoms with Crippen molar-refractivity contribution in [1.29, 1.82) is 0 Å². The van der Waals surface area contributed by atoms with E-state index in [0.717, 1.165) is 29.0 Å². The van der Waals surface area contributed by atoms with Gasteiger partial charge in [-0.05, 0) is 48.6 Å². The summed E-state index contributed by atoms with van der Waals surface area (Å²) in [6, 6.07) is 15.3. The minimum Gasteiger partial charge on any atom is -0.496 e. The fourth-order valence-electron chi connectivity index (χ4n) is 4.92. The molecule has 0 saturated heterocycles. The van der Waals surface area contributed by atoms with Crippen molar-refractivity contribution in [3.05, 3.63) is 82.2 Å². The van der Waals surface area contributed by atoms with Crippen molar-refractivity contribution in [3.63, 3.8) is 0 Å². The molecular weight excluding hydrogens is 430 g/mol. The molecule has 34 heavy (non-hydrogen) atoms. The van der Waals surface area contributed by atoms with Crippen LogP contribution in [0.15, 0.2) is 71.1 Å². The second-order valence-corrected chi connectivity index (χ2v) is 9.59. The maximum absolute atomic E-state index is 13.4. The fourth-order valence-corrected chi connectivity index (χ4v) is 4.92. The monoisotopic (exact) mass is 461 g/mol. The van der Waals surface area contributed by atoms with Gasteiger partial charge in [0.05, 0.1) is 19.8 Å². The van der Waals surface area contributed by atoms with Gasteiger partial charge >= 0.3 is 5.97 Å². The highest BCUT2D eigenvalue weighted by atomic mass is 16.5. The Hall–Kier alpha value is -3.54. The number of esters is 1. The van der Waals surface area contributed by atoms with Gasteiger partial charge in [0.15, 0.2) is 5.78 Å². The predicted octanol–water partition coefficient (Wildman–Crippen LogP) is 5.05. The summed E-state index contributed by atoms with van der Waals surface area (Å²) in [6.45, 7) is 6.33. The maximum atomic E-state index is 13.4. The molecule has 1 N–H and O–H groups in total. The molecule has 0 bridgehead atoms. The van der Waals surface area contributed by atoms with Gasteiger partial charge in [-0.2, -0.15) is 0 Å². The molecular formula is C28H31NO5. The van der Waals surface area contributed by atoms with E-state index in [1.165, 1.54) is 7.11 Å². The molecule has 0 fully saturated rings. The molecule has 1 unspecified atom stereocenters. The van der Waals surface area contributed by atoms with Crippen molar-refractivity contribution in [2.75, 3.05) is 14.2 Å². The van der Waals surface area contributed by atoms with E-state index in [2.05, 4.69) is 19.2 Å².